The fraction of sp³-hybridized carbons (Fsp3) is 0.842. The summed E-state index contributed by atoms with van der Waals surface area (Å²) in [6.07, 6.45) is 8.08. The van der Waals surface area contributed by atoms with Gasteiger partial charge in [0.05, 0.1) is 6.20 Å². The van der Waals surface area contributed by atoms with Crippen molar-refractivity contribution in [3.8, 4) is 0 Å². The number of nitrogens with zero attached hydrogens (tertiary/aromatic N) is 2. The van der Waals surface area contributed by atoms with Gasteiger partial charge >= 0.3 is 0 Å². The molecule has 0 saturated heterocycles. The van der Waals surface area contributed by atoms with Crippen molar-refractivity contribution in [3.63, 3.8) is 0 Å². The van der Waals surface area contributed by atoms with E-state index in [1.165, 1.54) is 43.4 Å². The minimum absolute atomic E-state index is 0.538. The first-order chi connectivity index (χ1) is 11.7. The van der Waals surface area contributed by atoms with Crippen molar-refractivity contribution in [3.05, 3.63) is 17.5 Å². The Morgan fingerprint density at radius 1 is 1.17 bits per heavy atom. The zero-order chi connectivity index (χ0) is 17.4. The van der Waals surface area contributed by atoms with Gasteiger partial charge in [0, 0.05) is 51.2 Å². The summed E-state index contributed by atoms with van der Waals surface area (Å²) in [6.45, 7) is 6.05. The molecule has 0 bridgehead atoms. The van der Waals surface area contributed by atoms with Crippen molar-refractivity contribution < 1.29 is 9.47 Å². The Balaban J connectivity index is 2.04. The number of unbranched alkanes of at least 4 members (excludes halogenated alkanes) is 1. The van der Waals surface area contributed by atoms with E-state index in [1.54, 1.807) is 14.2 Å². The first kappa shape index (κ1) is 19.4. The molecule has 2 atom stereocenters. The Kier molecular flexibility index (Phi) is 8.22. The van der Waals surface area contributed by atoms with Crippen LogP contribution in [0.4, 0.5) is 0 Å². The van der Waals surface area contributed by atoms with Gasteiger partial charge in [-0.05, 0) is 51.1 Å². The van der Waals surface area contributed by atoms with Gasteiger partial charge in [0.1, 0.15) is 0 Å². The second-order valence-electron chi connectivity index (χ2n) is 7.45. The maximum Gasteiger partial charge on any atom is 0.0535 e. The first-order valence-electron chi connectivity index (χ1n) is 9.36. The van der Waals surface area contributed by atoms with Gasteiger partial charge in [-0.3, -0.25) is 5.10 Å². The third-order valence-electron chi connectivity index (χ3n) is 5.20. The highest BCUT2D eigenvalue weighted by Crippen LogP contribution is 2.40. The Bertz CT molecular complexity index is 449. The van der Waals surface area contributed by atoms with E-state index >= 15 is 0 Å². The zero-order valence-corrected chi connectivity index (χ0v) is 15.9. The second-order valence-corrected chi connectivity index (χ2v) is 7.45. The summed E-state index contributed by atoms with van der Waals surface area (Å²) >= 11 is 0. The molecule has 1 aliphatic rings. The van der Waals surface area contributed by atoms with Crippen molar-refractivity contribution in [1.29, 1.82) is 0 Å². The number of nitrogens with one attached hydrogen (secondary N) is 1. The minimum Gasteiger partial charge on any atom is -0.384 e. The molecule has 2 rings (SSSR count). The van der Waals surface area contributed by atoms with Crippen LogP contribution in [0.5, 0.6) is 0 Å². The number of methoxy groups -OCH3 is 2. The quantitative estimate of drug-likeness (QED) is 0.710. The zero-order valence-electron chi connectivity index (χ0n) is 15.9. The summed E-state index contributed by atoms with van der Waals surface area (Å²) < 4.78 is 10.9. The highest BCUT2D eigenvalue weighted by Gasteiger charge is 2.31. The van der Waals surface area contributed by atoms with E-state index in [1.807, 2.05) is 6.20 Å². The van der Waals surface area contributed by atoms with Crippen molar-refractivity contribution in [2.75, 3.05) is 41.0 Å². The molecule has 0 aromatic carbocycles. The molecule has 1 saturated carbocycles. The first-order valence-corrected chi connectivity index (χ1v) is 9.36. The smallest absolute Gasteiger partial charge is 0.0535 e. The van der Waals surface area contributed by atoms with Crippen LogP contribution in [0.25, 0.3) is 0 Å². The maximum atomic E-state index is 5.44. The van der Waals surface area contributed by atoms with E-state index in [-0.39, 0.29) is 0 Å². The highest BCUT2D eigenvalue weighted by atomic mass is 16.5. The predicted octanol–water partition coefficient (Wildman–Crippen LogP) is 3.43. The van der Waals surface area contributed by atoms with Crippen LogP contribution in [0.3, 0.4) is 0 Å². The average Bonchev–Trinajstić information content (AvgIpc) is 3.01. The lowest BCUT2D eigenvalue weighted by Crippen LogP contribution is -2.28. The summed E-state index contributed by atoms with van der Waals surface area (Å²) in [7, 11) is 5.81. The fourth-order valence-corrected chi connectivity index (χ4v) is 4.14. The number of hydrogen-bond acceptors (Lipinski definition) is 4. The molecule has 138 valence electrons. The van der Waals surface area contributed by atoms with Crippen molar-refractivity contribution in [2.24, 2.45) is 11.8 Å². The van der Waals surface area contributed by atoms with E-state index in [9.17, 15) is 0 Å². The molecule has 1 fully saturated rings. The van der Waals surface area contributed by atoms with Gasteiger partial charge in [0.25, 0.3) is 0 Å². The van der Waals surface area contributed by atoms with Crippen LogP contribution >= 0.6 is 0 Å². The van der Waals surface area contributed by atoms with Gasteiger partial charge in [-0.1, -0.05) is 13.3 Å². The van der Waals surface area contributed by atoms with Crippen molar-refractivity contribution in [1.82, 2.24) is 15.1 Å². The molecular weight excluding hydrogens is 302 g/mol. The van der Waals surface area contributed by atoms with Gasteiger partial charge in [-0.25, -0.2) is 0 Å². The number of rotatable bonds is 10. The Morgan fingerprint density at radius 3 is 2.42 bits per heavy atom. The fourth-order valence-electron chi connectivity index (χ4n) is 4.14. The van der Waals surface area contributed by atoms with E-state index in [0.717, 1.165) is 26.3 Å². The molecule has 24 heavy (non-hydrogen) atoms. The molecule has 1 aromatic heterocycles. The molecule has 5 nitrogen and oxygen atoms in total. The van der Waals surface area contributed by atoms with Crippen LogP contribution in [-0.2, 0) is 16.0 Å². The lowest BCUT2D eigenvalue weighted by Gasteiger charge is -2.34. The molecule has 5 heteroatoms. The van der Waals surface area contributed by atoms with Gasteiger partial charge in [-0.2, -0.15) is 5.10 Å². The molecule has 0 amide bonds. The lowest BCUT2D eigenvalue weighted by molar-refractivity contribution is 0.0687. The van der Waals surface area contributed by atoms with Gasteiger partial charge < -0.3 is 14.4 Å². The molecule has 0 spiro atoms. The summed E-state index contributed by atoms with van der Waals surface area (Å²) in [4.78, 5) is 2.40. The van der Waals surface area contributed by atoms with E-state index in [0.29, 0.717) is 17.8 Å². The number of hydrogen-bond donors (Lipinski definition) is 1. The van der Waals surface area contributed by atoms with E-state index in [2.05, 4.69) is 29.1 Å². The highest BCUT2D eigenvalue weighted by molar-refractivity contribution is 5.21. The predicted molar refractivity (Wildman–Crippen MR) is 97.2 cm³/mol. The number of aromatic nitrogens is 2. The van der Waals surface area contributed by atoms with Crippen LogP contribution in [0, 0.1) is 11.8 Å². The van der Waals surface area contributed by atoms with E-state index < -0.39 is 0 Å². The SMILES string of the molecule is CCCCN(C)Cc1cn[nH]c1C1CC(COC)CC(COC)C1. The maximum absolute atomic E-state index is 5.44. The summed E-state index contributed by atoms with van der Waals surface area (Å²) in [5.74, 6) is 1.77. The molecule has 2 unspecified atom stereocenters. The third kappa shape index (κ3) is 5.57. The molecular formula is C19H35N3O2. The topological polar surface area (TPSA) is 50.4 Å². The number of ether oxygens (including phenoxy) is 2. The summed E-state index contributed by atoms with van der Waals surface area (Å²) in [5, 5.41) is 7.66. The van der Waals surface area contributed by atoms with Crippen LogP contribution in [0.15, 0.2) is 6.20 Å². The second kappa shape index (κ2) is 10.2. The normalized spacial score (nSPS) is 24.6. The number of aromatic amines is 1. The molecule has 1 aromatic rings. The van der Waals surface area contributed by atoms with Crippen LogP contribution < -0.4 is 0 Å². The summed E-state index contributed by atoms with van der Waals surface area (Å²) in [6, 6.07) is 0. The Labute approximate surface area is 147 Å². The molecule has 1 N–H and O–H groups in total. The minimum atomic E-state index is 0.538. The Morgan fingerprint density at radius 2 is 1.83 bits per heavy atom. The van der Waals surface area contributed by atoms with Crippen LogP contribution in [-0.4, -0.2) is 56.1 Å². The standard InChI is InChI=1S/C19H35N3O2/c1-5-6-7-22(2)12-18-11-20-21-19(18)17-9-15(13-23-3)8-16(10-17)14-24-4/h11,15-17H,5-10,12-14H2,1-4H3,(H,20,21). The number of H-pyrrole nitrogens is 1. The van der Waals surface area contributed by atoms with Gasteiger partial charge in [-0.15, -0.1) is 0 Å². The van der Waals surface area contributed by atoms with Crippen molar-refractivity contribution >= 4 is 0 Å². The molecule has 1 heterocycles. The van der Waals surface area contributed by atoms with Crippen molar-refractivity contribution in [2.45, 2.75) is 51.5 Å². The third-order valence-corrected chi connectivity index (χ3v) is 5.20. The largest absolute Gasteiger partial charge is 0.384 e. The van der Waals surface area contributed by atoms with Gasteiger partial charge in [0.2, 0.25) is 0 Å². The van der Waals surface area contributed by atoms with E-state index in [4.69, 9.17) is 9.47 Å². The lowest BCUT2D eigenvalue weighted by atomic mass is 9.74. The molecule has 0 radical (unpaired) electrons. The Hall–Kier alpha value is -0.910. The monoisotopic (exact) mass is 337 g/mol. The summed E-state index contributed by atoms with van der Waals surface area (Å²) in [5.41, 5.74) is 2.69. The van der Waals surface area contributed by atoms with Crippen LogP contribution in [0.2, 0.25) is 0 Å². The van der Waals surface area contributed by atoms with Crippen LogP contribution in [0.1, 0.15) is 56.2 Å². The van der Waals surface area contributed by atoms with Gasteiger partial charge in [0.15, 0.2) is 0 Å². The molecule has 0 aliphatic heterocycles. The molecule has 1 aliphatic carbocycles. The average molecular weight is 338 g/mol.